The molecule has 0 saturated carbocycles. The maximum absolute atomic E-state index is 5.38. The van der Waals surface area contributed by atoms with E-state index in [4.69, 9.17) is 9.47 Å². The Hall–Kier alpha value is -2.97. The van der Waals surface area contributed by atoms with E-state index in [-0.39, 0.29) is 0 Å². The molecule has 1 aliphatic heterocycles. The maximum atomic E-state index is 5.38. The molecule has 3 heterocycles. The van der Waals surface area contributed by atoms with Gasteiger partial charge >= 0.3 is 0 Å². The van der Waals surface area contributed by atoms with Gasteiger partial charge in [0.2, 0.25) is 5.95 Å². The van der Waals surface area contributed by atoms with Crippen molar-refractivity contribution in [2.75, 3.05) is 51.8 Å². The molecule has 0 atom stereocenters. The van der Waals surface area contributed by atoms with E-state index in [0.717, 1.165) is 68.5 Å². The van der Waals surface area contributed by atoms with Crippen LogP contribution in [-0.4, -0.2) is 71.2 Å². The van der Waals surface area contributed by atoms with Gasteiger partial charge in [0.05, 0.1) is 37.9 Å². The smallest absolute Gasteiger partial charge is 0.223 e. The number of morpholine rings is 1. The first-order valence-electron chi connectivity index (χ1n) is 9.88. The Morgan fingerprint density at radius 3 is 2.97 bits per heavy atom. The fraction of sp³-hybridized carbons (Fsp3) is 0.381. The average Bonchev–Trinajstić information content (AvgIpc) is 3.28. The van der Waals surface area contributed by atoms with E-state index in [1.54, 1.807) is 13.3 Å². The number of hydrogen-bond donors (Lipinski definition) is 1. The van der Waals surface area contributed by atoms with Gasteiger partial charge in [0.25, 0.3) is 0 Å². The number of benzene rings is 1. The van der Waals surface area contributed by atoms with Crippen LogP contribution in [0.1, 0.15) is 6.42 Å². The Bertz CT molecular complexity index is 923. The normalized spacial score (nSPS) is 14.7. The molecule has 8 heteroatoms. The number of hydrogen-bond acceptors (Lipinski definition) is 7. The first-order valence-corrected chi connectivity index (χ1v) is 9.88. The molecule has 4 rings (SSSR count). The lowest BCUT2D eigenvalue weighted by atomic mass is 10.2. The summed E-state index contributed by atoms with van der Waals surface area (Å²) in [4.78, 5) is 11.4. The van der Waals surface area contributed by atoms with Crippen LogP contribution in [0.5, 0.6) is 5.75 Å². The quantitative estimate of drug-likeness (QED) is 0.588. The average molecular weight is 394 g/mol. The molecule has 1 fully saturated rings. The van der Waals surface area contributed by atoms with E-state index in [2.05, 4.69) is 25.3 Å². The van der Waals surface area contributed by atoms with Crippen molar-refractivity contribution in [3.05, 3.63) is 48.9 Å². The molecule has 152 valence electrons. The predicted molar refractivity (Wildman–Crippen MR) is 112 cm³/mol. The van der Waals surface area contributed by atoms with Gasteiger partial charge in [0, 0.05) is 43.7 Å². The molecule has 2 aromatic heterocycles. The molecule has 0 amide bonds. The number of ether oxygens (including phenoxy) is 2. The van der Waals surface area contributed by atoms with Crippen LogP contribution in [0.15, 0.2) is 48.9 Å². The first kappa shape index (κ1) is 19.4. The Morgan fingerprint density at radius 1 is 1.21 bits per heavy atom. The highest BCUT2D eigenvalue weighted by Crippen LogP contribution is 2.21. The number of anilines is 1. The van der Waals surface area contributed by atoms with Crippen LogP contribution < -0.4 is 10.1 Å². The lowest BCUT2D eigenvalue weighted by Crippen LogP contribution is -2.37. The summed E-state index contributed by atoms with van der Waals surface area (Å²) in [7, 11) is 1.66. The number of rotatable bonds is 8. The number of nitrogens with one attached hydrogen (secondary N) is 1. The number of nitrogens with zero attached hydrogens (tertiary/aromatic N) is 5. The van der Waals surface area contributed by atoms with Crippen LogP contribution in [-0.2, 0) is 4.74 Å². The van der Waals surface area contributed by atoms with Gasteiger partial charge in [-0.1, -0.05) is 6.07 Å². The third kappa shape index (κ3) is 5.10. The molecule has 0 spiro atoms. The van der Waals surface area contributed by atoms with Crippen LogP contribution in [0.2, 0.25) is 0 Å². The topological polar surface area (TPSA) is 77.3 Å². The molecule has 3 aromatic rings. The Morgan fingerprint density at radius 2 is 2.10 bits per heavy atom. The summed E-state index contributed by atoms with van der Waals surface area (Å²) in [6.07, 6.45) is 6.58. The second kappa shape index (κ2) is 9.49. The van der Waals surface area contributed by atoms with Gasteiger partial charge in [-0.3, -0.25) is 4.90 Å². The molecule has 8 nitrogen and oxygen atoms in total. The summed E-state index contributed by atoms with van der Waals surface area (Å²) >= 11 is 0. The third-order valence-corrected chi connectivity index (χ3v) is 4.89. The second-order valence-electron chi connectivity index (χ2n) is 6.87. The van der Waals surface area contributed by atoms with E-state index in [1.807, 2.05) is 47.4 Å². The fourth-order valence-electron chi connectivity index (χ4n) is 3.28. The van der Waals surface area contributed by atoms with Crippen molar-refractivity contribution < 1.29 is 9.47 Å². The monoisotopic (exact) mass is 394 g/mol. The Balaban J connectivity index is 1.36. The molecule has 0 radical (unpaired) electrons. The molecule has 1 N–H and O–H groups in total. The minimum Gasteiger partial charge on any atom is -0.497 e. The van der Waals surface area contributed by atoms with Crippen molar-refractivity contribution in [3.63, 3.8) is 0 Å². The van der Waals surface area contributed by atoms with Crippen molar-refractivity contribution in [2.24, 2.45) is 0 Å². The minimum absolute atomic E-state index is 0.638. The Kier molecular flexibility index (Phi) is 6.33. The van der Waals surface area contributed by atoms with Gasteiger partial charge in [-0.05, 0) is 31.2 Å². The molecular formula is C21H26N6O2. The van der Waals surface area contributed by atoms with Crippen LogP contribution in [0, 0.1) is 0 Å². The molecule has 29 heavy (non-hydrogen) atoms. The number of methoxy groups -OCH3 is 1. The molecule has 0 aliphatic carbocycles. The lowest BCUT2D eigenvalue weighted by Gasteiger charge is -2.26. The first-order chi connectivity index (χ1) is 14.3. The largest absolute Gasteiger partial charge is 0.497 e. The summed E-state index contributed by atoms with van der Waals surface area (Å²) in [6.45, 7) is 5.60. The standard InChI is InChI=1S/C21H26N6O2/c1-28-19-5-2-4-18(14-19)27-16-17(15-24-27)20-6-8-23-21(25-20)22-7-3-9-26-10-12-29-13-11-26/h2,4-6,8,14-16H,3,7,9-13H2,1H3,(H,22,23,25). The van der Waals surface area contributed by atoms with Crippen molar-refractivity contribution >= 4 is 5.95 Å². The highest BCUT2D eigenvalue weighted by molar-refractivity contribution is 5.59. The highest BCUT2D eigenvalue weighted by atomic mass is 16.5. The van der Waals surface area contributed by atoms with Crippen molar-refractivity contribution in [1.82, 2.24) is 24.6 Å². The van der Waals surface area contributed by atoms with Crippen molar-refractivity contribution in [1.29, 1.82) is 0 Å². The number of aromatic nitrogens is 4. The molecule has 0 unspecified atom stereocenters. The Labute approximate surface area is 170 Å². The van der Waals surface area contributed by atoms with Gasteiger partial charge in [-0.25, -0.2) is 14.6 Å². The second-order valence-corrected chi connectivity index (χ2v) is 6.87. The lowest BCUT2D eigenvalue weighted by molar-refractivity contribution is 0.0378. The van der Waals surface area contributed by atoms with Crippen LogP contribution in [0.4, 0.5) is 5.95 Å². The van der Waals surface area contributed by atoms with Crippen LogP contribution >= 0.6 is 0 Å². The van der Waals surface area contributed by atoms with Crippen molar-refractivity contribution in [3.8, 4) is 22.7 Å². The maximum Gasteiger partial charge on any atom is 0.223 e. The van der Waals surface area contributed by atoms with Gasteiger partial charge in [-0.15, -0.1) is 0 Å². The van der Waals surface area contributed by atoms with Gasteiger partial charge in [0.15, 0.2) is 0 Å². The van der Waals surface area contributed by atoms with E-state index >= 15 is 0 Å². The SMILES string of the molecule is COc1cccc(-n2cc(-c3ccnc(NCCCN4CCOCC4)n3)cn2)c1. The summed E-state index contributed by atoms with van der Waals surface area (Å²) in [6, 6.07) is 9.68. The van der Waals surface area contributed by atoms with E-state index in [1.165, 1.54) is 0 Å². The third-order valence-electron chi connectivity index (χ3n) is 4.89. The molecule has 1 saturated heterocycles. The zero-order valence-corrected chi connectivity index (χ0v) is 16.6. The van der Waals surface area contributed by atoms with Gasteiger partial charge in [0.1, 0.15) is 5.75 Å². The summed E-state index contributed by atoms with van der Waals surface area (Å²) < 4.78 is 12.5. The molecule has 1 aromatic carbocycles. The van der Waals surface area contributed by atoms with E-state index in [9.17, 15) is 0 Å². The van der Waals surface area contributed by atoms with Crippen LogP contribution in [0.25, 0.3) is 16.9 Å². The van der Waals surface area contributed by atoms with Crippen LogP contribution in [0.3, 0.4) is 0 Å². The summed E-state index contributed by atoms with van der Waals surface area (Å²) in [5.41, 5.74) is 2.71. The predicted octanol–water partition coefficient (Wildman–Crippen LogP) is 2.47. The summed E-state index contributed by atoms with van der Waals surface area (Å²) in [5.74, 6) is 1.43. The molecule has 1 aliphatic rings. The molecule has 0 bridgehead atoms. The van der Waals surface area contributed by atoms with Gasteiger partial charge in [-0.2, -0.15) is 5.10 Å². The van der Waals surface area contributed by atoms with Crippen molar-refractivity contribution in [2.45, 2.75) is 6.42 Å². The zero-order chi connectivity index (χ0) is 19.9. The minimum atomic E-state index is 0.638. The van der Waals surface area contributed by atoms with Gasteiger partial charge < -0.3 is 14.8 Å². The summed E-state index contributed by atoms with van der Waals surface area (Å²) in [5, 5.41) is 7.78. The van der Waals surface area contributed by atoms with E-state index < -0.39 is 0 Å². The zero-order valence-electron chi connectivity index (χ0n) is 16.6. The highest BCUT2D eigenvalue weighted by Gasteiger charge is 2.10. The molecular weight excluding hydrogens is 368 g/mol. The van der Waals surface area contributed by atoms with E-state index in [0.29, 0.717) is 5.95 Å². The fourth-order valence-corrected chi connectivity index (χ4v) is 3.28.